The number of anilines is 1. The van der Waals surface area contributed by atoms with Crippen LogP contribution in [0.3, 0.4) is 0 Å². The number of aryl methyl sites for hydroxylation is 1. The minimum atomic E-state index is 0.0182. The van der Waals surface area contributed by atoms with Crippen LogP contribution in [0.25, 0.3) is 0 Å². The molecule has 0 aliphatic carbocycles. The molecule has 1 N–H and O–H groups in total. The molecule has 6 nitrogen and oxygen atoms in total. The Balaban J connectivity index is 1.29. The molecule has 3 heterocycles. The zero-order valence-electron chi connectivity index (χ0n) is 22.8. The van der Waals surface area contributed by atoms with E-state index in [-0.39, 0.29) is 17.6 Å². The fraction of sp³-hybridized carbons (Fsp3) is 0.581. The van der Waals surface area contributed by atoms with Gasteiger partial charge in [-0.25, -0.2) is 0 Å². The van der Waals surface area contributed by atoms with Gasteiger partial charge in [0.25, 0.3) is 0 Å². The number of amides is 1. The Labute approximate surface area is 222 Å². The summed E-state index contributed by atoms with van der Waals surface area (Å²) >= 11 is 0. The van der Waals surface area contributed by atoms with Gasteiger partial charge in [-0.3, -0.25) is 9.69 Å². The third kappa shape index (κ3) is 5.90. The quantitative estimate of drug-likeness (QED) is 0.574. The first kappa shape index (κ1) is 25.9. The number of aromatic hydroxyl groups is 1. The third-order valence-corrected chi connectivity index (χ3v) is 8.17. The molecule has 37 heavy (non-hydrogen) atoms. The Kier molecular flexibility index (Phi) is 7.94. The monoisotopic (exact) mass is 505 g/mol. The smallest absolute Gasteiger partial charge is 0.227 e. The van der Waals surface area contributed by atoms with E-state index in [0.29, 0.717) is 24.8 Å². The van der Waals surface area contributed by atoms with E-state index < -0.39 is 0 Å². The molecule has 6 heteroatoms. The van der Waals surface area contributed by atoms with Gasteiger partial charge in [0.05, 0.1) is 12.5 Å². The van der Waals surface area contributed by atoms with Crippen molar-refractivity contribution in [2.75, 3.05) is 44.7 Å². The molecule has 0 spiro atoms. The van der Waals surface area contributed by atoms with Crippen molar-refractivity contribution in [3.63, 3.8) is 0 Å². The first-order valence-corrected chi connectivity index (χ1v) is 14.2. The second-order valence-corrected chi connectivity index (χ2v) is 11.7. The molecule has 0 saturated carbocycles. The van der Waals surface area contributed by atoms with Crippen molar-refractivity contribution >= 4 is 11.6 Å². The Morgan fingerprint density at radius 1 is 1.16 bits per heavy atom. The van der Waals surface area contributed by atoms with E-state index in [9.17, 15) is 9.90 Å². The lowest BCUT2D eigenvalue weighted by Gasteiger charge is -2.36. The van der Waals surface area contributed by atoms with Gasteiger partial charge < -0.3 is 19.6 Å². The summed E-state index contributed by atoms with van der Waals surface area (Å²) in [7, 11) is 2.17. The molecule has 3 aliphatic rings. The third-order valence-electron chi connectivity index (χ3n) is 8.17. The SMILES string of the molecule is CC(C)CN(Cc1cc(O)c2c(c1)CCCCO2)C(=O)C1CCCN(Cc2cccc3c2CCN3C)C1. The van der Waals surface area contributed by atoms with Gasteiger partial charge in [-0.05, 0) is 85.4 Å². The maximum Gasteiger partial charge on any atom is 0.227 e. The van der Waals surface area contributed by atoms with Gasteiger partial charge in [-0.2, -0.15) is 0 Å². The highest BCUT2D eigenvalue weighted by Gasteiger charge is 2.31. The number of piperidine rings is 1. The van der Waals surface area contributed by atoms with Crippen LogP contribution in [0, 0.1) is 11.8 Å². The molecule has 1 unspecified atom stereocenters. The summed E-state index contributed by atoms with van der Waals surface area (Å²) in [5.74, 6) is 1.48. The normalized spacial score (nSPS) is 19.8. The summed E-state index contributed by atoms with van der Waals surface area (Å²) in [5, 5.41) is 10.7. The number of likely N-dealkylation sites (tertiary alicyclic amines) is 1. The van der Waals surface area contributed by atoms with Crippen molar-refractivity contribution in [3.8, 4) is 11.5 Å². The second kappa shape index (κ2) is 11.3. The number of fused-ring (bicyclic) bond motifs is 2. The number of ether oxygens (including phenoxy) is 1. The van der Waals surface area contributed by atoms with Crippen LogP contribution in [0.5, 0.6) is 11.5 Å². The van der Waals surface area contributed by atoms with Gasteiger partial charge in [0.1, 0.15) is 0 Å². The number of benzene rings is 2. The molecular weight excluding hydrogens is 462 g/mol. The maximum atomic E-state index is 13.9. The van der Waals surface area contributed by atoms with Gasteiger partial charge in [0, 0.05) is 45.5 Å². The highest BCUT2D eigenvalue weighted by Crippen LogP contribution is 2.36. The maximum absolute atomic E-state index is 13.9. The Morgan fingerprint density at radius 2 is 2.03 bits per heavy atom. The van der Waals surface area contributed by atoms with Crippen LogP contribution in [0.2, 0.25) is 0 Å². The number of hydrogen-bond acceptors (Lipinski definition) is 5. The predicted octanol–water partition coefficient (Wildman–Crippen LogP) is 5.00. The van der Waals surface area contributed by atoms with E-state index in [1.165, 1.54) is 16.8 Å². The molecule has 2 aromatic rings. The van der Waals surface area contributed by atoms with Crippen LogP contribution in [-0.2, 0) is 30.7 Å². The number of phenols is 1. The van der Waals surface area contributed by atoms with Crippen LogP contribution in [-0.4, -0.2) is 60.6 Å². The van der Waals surface area contributed by atoms with Gasteiger partial charge in [-0.1, -0.05) is 32.0 Å². The lowest BCUT2D eigenvalue weighted by molar-refractivity contribution is -0.138. The van der Waals surface area contributed by atoms with Crippen molar-refractivity contribution in [1.29, 1.82) is 0 Å². The number of rotatable bonds is 7. The zero-order valence-corrected chi connectivity index (χ0v) is 22.8. The molecule has 2 aromatic carbocycles. The first-order valence-electron chi connectivity index (χ1n) is 14.2. The van der Waals surface area contributed by atoms with Crippen molar-refractivity contribution in [1.82, 2.24) is 9.80 Å². The topological polar surface area (TPSA) is 56.3 Å². The minimum Gasteiger partial charge on any atom is -0.504 e. The molecule has 1 saturated heterocycles. The fourth-order valence-corrected chi connectivity index (χ4v) is 6.38. The molecule has 5 rings (SSSR count). The van der Waals surface area contributed by atoms with Crippen LogP contribution in [0.15, 0.2) is 30.3 Å². The Morgan fingerprint density at radius 3 is 2.86 bits per heavy atom. The summed E-state index contributed by atoms with van der Waals surface area (Å²) in [6.45, 7) is 10.1. The van der Waals surface area contributed by atoms with E-state index in [4.69, 9.17) is 4.74 Å². The molecule has 200 valence electrons. The van der Waals surface area contributed by atoms with E-state index >= 15 is 0 Å². The number of carbonyl (C=O) groups excluding carboxylic acids is 1. The molecular formula is C31H43N3O3. The summed E-state index contributed by atoms with van der Waals surface area (Å²) in [4.78, 5) is 20.8. The number of hydrogen-bond donors (Lipinski definition) is 1. The van der Waals surface area contributed by atoms with Crippen LogP contribution in [0.1, 0.15) is 61.8 Å². The highest BCUT2D eigenvalue weighted by molar-refractivity contribution is 5.79. The number of phenolic OH excluding ortho intramolecular Hbond substituents is 1. The molecule has 0 bridgehead atoms. The summed E-state index contributed by atoms with van der Waals surface area (Å²) in [6.07, 6.45) is 6.08. The Hall–Kier alpha value is -2.73. The van der Waals surface area contributed by atoms with Gasteiger partial charge in [0.2, 0.25) is 5.91 Å². The minimum absolute atomic E-state index is 0.0182. The van der Waals surface area contributed by atoms with E-state index in [1.54, 1.807) is 6.07 Å². The van der Waals surface area contributed by atoms with Crippen molar-refractivity contribution in [3.05, 3.63) is 52.6 Å². The van der Waals surface area contributed by atoms with Gasteiger partial charge in [0.15, 0.2) is 11.5 Å². The lowest BCUT2D eigenvalue weighted by atomic mass is 9.94. The average Bonchev–Trinajstić information content (AvgIpc) is 3.09. The molecule has 1 amide bonds. The molecule has 0 aromatic heterocycles. The first-order chi connectivity index (χ1) is 17.9. The Bertz CT molecular complexity index is 1120. The summed E-state index contributed by atoms with van der Waals surface area (Å²) in [6, 6.07) is 10.6. The van der Waals surface area contributed by atoms with Crippen molar-refractivity contribution in [2.45, 2.75) is 65.5 Å². The zero-order chi connectivity index (χ0) is 25.9. The molecule has 0 radical (unpaired) electrons. The summed E-state index contributed by atoms with van der Waals surface area (Å²) in [5.41, 5.74) is 6.31. The van der Waals surface area contributed by atoms with Gasteiger partial charge >= 0.3 is 0 Å². The van der Waals surface area contributed by atoms with E-state index in [2.05, 4.69) is 55.0 Å². The summed E-state index contributed by atoms with van der Waals surface area (Å²) < 4.78 is 5.80. The van der Waals surface area contributed by atoms with Crippen molar-refractivity contribution < 1.29 is 14.6 Å². The van der Waals surface area contributed by atoms with E-state index in [0.717, 1.165) is 82.4 Å². The van der Waals surface area contributed by atoms with Crippen LogP contribution in [0.4, 0.5) is 5.69 Å². The molecule has 1 atom stereocenters. The molecule has 3 aliphatic heterocycles. The highest BCUT2D eigenvalue weighted by atomic mass is 16.5. The average molecular weight is 506 g/mol. The lowest BCUT2D eigenvalue weighted by Crippen LogP contribution is -2.45. The van der Waals surface area contributed by atoms with Crippen molar-refractivity contribution in [2.24, 2.45) is 11.8 Å². The molecule has 1 fully saturated rings. The largest absolute Gasteiger partial charge is 0.504 e. The van der Waals surface area contributed by atoms with Crippen LogP contribution >= 0.6 is 0 Å². The number of carbonyl (C=O) groups is 1. The standard InChI is InChI=1S/C31H43N3O3/c1-22(2)18-34(19-23-16-24-8-4-5-15-37-30(24)29(35)17-23)31(36)26-10-7-13-33(21-26)20-25-9-6-11-28-27(25)12-14-32(28)3/h6,9,11,16-17,22,26,35H,4-5,7-8,10,12-15,18-21H2,1-3H3. The van der Waals surface area contributed by atoms with Crippen LogP contribution < -0.4 is 9.64 Å². The number of likely N-dealkylation sites (N-methyl/N-ethyl adjacent to an activating group) is 1. The second-order valence-electron chi connectivity index (χ2n) is 11.7. The predicted molar refractivity (Wildman–Crippen MR) is 148 cm³/mol. The van der Waals surface area contributed by atoms with E-state index in [1.807, 2.05) is 4.90 Å². The number of nitrogens with zero attached hydrogens (tertiary/aromatic N) is 3. The fourth-order valence-electron chi connectivity index (χ4n) is 6.38. The van der Waals surface area contributed by atoms with Gasteiger partial charge in [-0.15, -0.1) is 0 Å².